The molecule has 5 nitrogen and oxygen atoms in total. The van der Waals surface area contributed by atoms with Crippen LogP contribution in [-0.4, -0.2) is 36.2 Å². The van der Waals surface area contributed by atoms with Crippen LogP contribution in [0.1, 0.15) is 43.0 Å². The van der Waals surface area contributed by atoms with E-state index in [0.717, 1.165) is 36.7 Å². The van der Waals surface area contributed by atoms with Crippen LogP contribution in [0.3, 0.4) is 0 Å². The van der Waals surface area contributed by atoms with Crippen molar-refractivity contribution in [1.29, 1.82) is 0 Å². The van der Waals surface area contributed by atoms with Crippen LogP contribution in [0.5, 0.6) is 0 Å². The Morgan fingerprint density at radius 3 is 2.60 bits per heavy atom. The van der Waals surface area contributed by atoms with Crippen LogP contribution in [-0.2, 0) is 17.6 Å². The lowest BCUT2D eigenvalue weighted by molar-refractivity contribution is -0.120. The highest BCUT2D eigenvalue weighted by atomic mass is 19.1. The number of amides is 1. The van der Waals surface area contributed by atoms with Crippen LogP contribution in [0.25, 0.3) is 0 Å². The van der Waals surface area contributed by atoms with Gasteiger partial charge in [-0.15, -0.1) is 0 Å². The van der Waals surface area contributed by atoms with E-state index in [1.807, 2.05) is 0 Å². The average molecular weight is 418 g/mol. The van der Waals surface area contributed by atoms with Gasteiger partial charge in [0.2, 0.25) is 5.91 Å². The van der Waals surface area contributed by atoms with E-state index in [1.54, 1.807) is 0 Å². The molecule has 3 unspecified atom stereocenters. The maximum absolute atomic E-state index is 13.5. The molecule has 162 valence electrons. The Morgan fingerprint density at radius 1 is 1.20 bits per heavy atom. The summed E-state index contributed by atoms with van der Waals surface area (Å²) in [4.78, 5) is 11.6. The molecule has 0 saturated heterocycles. The summed E-state index contributed by atoms with van der Waals surface area (Å²) in [6.07, 6.45) is 1.01. The molecule has 2 aromatic carbocycles. The van der Waals surface area contributed by atoms with Gasteiger partial charge in [0.1, 0.15) is 11.6 Å². The van der Waals surface area contributed by atoms with E-state index in [1.165, 1.54) is 24.6 Å². The molecular weight excluding hydrogens is 388 g/mol. The van der Waals surface area contributed by atoms with Gasteiger partial charge in [-0.2, -0.15) is 0 Å². The third-order valence-electron chi connectivity index (χ3n) is 5.45. The zero-order valence-corrected chi connectivity index (χ0v) is 17.3. The average Bonchev–Trinajstić information content (AvgIpc) is 2.70. The minimum Gasteiger partial charge on any atom is -0.390 e. The number of halogens is 2. The summed E-state index contributed by atoms with van der Waals surface area (Å²) < 4.78 is 27.1. The number of hydrogen-bond donors (Lipinski definition) is 4. The maximum atomic E-state index is 13.5. The van der Waals surface area contributed by atoms with Gasteiger partial charge in [0.15, 0.2) is 0 Å². The van der Waals surface area contributed by atoms with Crippen molar-refractivity contribution in [3.05, 3.63) is 64.7 Å². The van der Waals surface area contributed by atoms with Gasteiger partial charge in [-0.05, 0) is 54.2 Å². The normalized spacial score (nSPS) is 17.6. The molecule has 0 radical (unpaired) electrons. The molecule has 30 heavy (non-hydrogen) atoms. The van der Waals surface area contributed by atoms with Crippen molar-refractivity contribution in [2.45, 2.75) is 51.3 Å². The van der Waals surface area contributed by atoms with E-state index in [9.17, 15) is 18.7 Å². The lowest BCUT2D eigenvalue weighted by Crippen LogP contribution is -2.48. The quantitative estimate of drug-likeness (QED) is 0.533. The van der Waals surface area contributed by atoms with Gasteiger partial charge < -0.3 is 21.1 Å². The van der Waals surface area contributed by atoms with Crippen LogP contribution < -0.4 is 16.0 Å². The molecule has 0 spiro atoms. The molecule has 3 atom stereocenters. The molecule has 0 aromatic heterocycles. The van der Waals surface area contributed by atoms with Crippen LogP contribution in [0, 0.1) is 11.6 Å². The highest BCUT2D eigenvalue weighted by Crippen LogP contribution is 2.30. The first-order valence-electron chi connectivity index (χ1n) is 10.4. The fourth-order valence-electron chi connectivity index (χ4n) is 3.93. The lowest BCUT2D eigenvalue weighted by atomic mass is 9.94. The number of fused-ring (bicyclic) bond motifs is 1. The summed E-state index contributed by atoms with van der Waals surface area (Å²) >= 11 is 0. The molecule has 1 aliphatic rings. The van der Waals surface area contributed by atoms with Gasteiger partial charge in [-0.1, -0.05) is 19.1 Å². The summed E-state index contributed by atoms with van der Waals surface area (Å²) in [6, 6.07) is 9.00. The third-order valence-corrected chi connectivity index (χ3v) is 5.45. The fourth-order valence-corrected chi connectivity index (χ4v) is 3.93. The zero-order chi connectivity index (χ0) is 21.7. The highest BCUT2D eigenvalue weighted by molar-refractivity contribution is 5.73. The first-order chi connectivity index (χ1) is 14.4. The Balaban J connectivity index is 1.69. The first kappa shape index (κ1) is 22.2. The van der Waals surface area contributed by atoms with Crippen LogP contribution in [0.15, 0.2) is 36.4 Å². The number of anilines is 1. The van der Waals surface area contributed by atoms with E-state index >= 15 is 0 Å². The van der Waals surface area contributed by atoms with E-state index in [-0.39, 0.29) is 24.9 Å². The van der Waals surface area contributed by atoms with Gasteiger partial charge >= 0.3 is 0 Å². The molecular formula is C23H29F2N3O2. The summed E-state index contributed by atoms with van der Waals surface area (Å²) in [5, 5.41) is 20.3. The van der Waals surface area contributed by atoms with Gasteiger partial charge in [0.25, 0.3) is 0 Å². The molecule has 1 heterocycles. The van der Waals surface area contributed by atoms with Crippen molar-refractivity contribution in [3.63, 3.8) is 0 Å². The van der Waals surface area contributed by atoms with Gasteiger partial charge in [0.05, 0.1) is 12.1 Å². The number of nitrogens with one attached hydrogen (secondary N) is 3. The third kappa shape index (κ3) is 5.77. The Bertz CT molecular complexity index is 870. The second-order valence-corrected chi connectivity index (χ2v) is 7.81. The van der Waals surface area contributed by atoms with Crippen LogP contribution >= 0.6 is 0 Å². The number of aliphatic hydroxyl groups is 1. The summed E-state index contributed by atoms with van der Waals surface area (Å²) in [7, 11) is 0. The Labute approximate surface area is 175 Å². The number of carbonyl (C=O) groups excluding carboxylic acids is 1. The van der Waals surface area contributed by atoms with Gasteiger partial charge in [-0.3, -0.25) is 4.79 Å². The molecule has 2 aromatic rings. The Kier molecular flexibility index (Phi) is 7.39. The lowest BCUT2D eigenvalue weighted by Gasteiger charge is -2.31. The summed E-state index contributed by atoms with van der Waals surface area (Å²) in [5.41, 5.74) is 3.87. The van der Waals surface area contributed by atoms with Crippen molar-refractivity contribution in [3.8, 4) is 0 Å². The topological polar surface area (TPSA) is 73.4 Å². The first-order valence-corrected chi connectivity index (χ1v) is 10.4. The Morgan fingerprint density at radius 2 is 1.93 bits per heavy atom. The number of hydrogen-bond acceptors (Lipinski definition) is 4. The monoisotopic (exact) mass is 417 g/mol. The van der Waals surface area contributed by atoms with Gasteiger partial charge in [-0.25, -0.2) is 8.78 Å². The molecule has 0 fully saturated rings. The van der Waals surface area contributed by atoms with Crippen molar-refractivity contribution < 1.29 is 18.7 Å². The van der Waals surface area contributed by atoms with Crippen molar-refractivity contribution >= 4 is 11.6 Å². The minimum atomic E-state index is -0.923. The number of aryl methyl sites for hydroxylation is 1. The number of carbonyl (C=O) groups is 1. The molecule has 0 aliphatic carbocycles. The second kappa shape index (κ2) is 10.00. The van der Waals surface area contributed by atoms with Crippen LogP contribution in [0.2, 0.25) is 0 Å². The highest BCUT2D eigenvalue weighted by Gasteiger charge is 2.25. The van der Waals surface area contributed by atoms with Crippen molar-refractivity contribution in [2.24, 2.45) is 0 Å². The molecule has 1 amide bonds. The van der Waals surface area contributed by atoms with Crippen molar-refractivity contribution in [2.75, 3.05) is 18.4 Å². The standard InChI is InChI=1S/C23H29F2N3O2/c1-3-15-4-5-20-19(10-15)21(6-7-26-20)27-13-23(30)22(28-14(2)29)11-16-8-17(24)12-18(25)9-16/h4-5,8-10,12,21-23,26-27,30H,3,6-7,11,13H2,1-2H3,(H,28,29). The smallest absolute Gasteiger partial charge is 0.217 e. The second-order valence-electron chi connectivity index (χ2n) is 7.81. The van der Waals surface area contributed by atoms with Crippen molar-refractivity contribution in [1.82, 2.24) is 10.6 Å². The SMILES string of the molecule is CCc1ccc2c(c1)C(NCC(O)C(Cc1cc(F)cc(F)c1)NC(C)=O)CCN2. The van der Waals surface area contributed by atoms with Crippen LogP contribution in [0.4, 0.5) is 14.5 Å². The largest absolute Gasteiger partial charge is 0.390 e. The summed E-state index contributed by atoms with van der Waals surface area (Å²) in [6.45, 7) is 4.53. The molecule has 4 N–H and O–H groups in total. The molecule has 0 saturated carbocycles. The molecule has 3 rings (SSSR count). The fraction of sp³-hybridized carbons (Fsp3) is 0.435. The predicted molar refractivity (Wildman–Crippen MR) is 113 cm³/mol. The van der Waals surface area contributed by atoms with E-state index in [4.69, 9.17) is 0 Å². The number of rotatable bonds is 8. The zero-order valence-electron chi connectivity index (χ0n) is 17.3. The summed E-state index contributed by atoms with van der Waals surface area (Å²) in [5.74, 6) is -1.68. The van der Waals surface area contributed by atoms with Gasteiger partial charge in [0, 0.05) is 37.8 Å². The molecule has 7 heteroatoms. The number of benzene rings is 2. The van der Waals surface area contributed by atoms with E-state index < -0.39 is 23.8 Å². The molecule has 0 bridgehead atoms. The predicted octanol–water partition coefficient (Wildman–Crippen LogP) is 3.08. The Hall–Kier alpha value is -2.51. The molecule has 1 aliphatic heterocycles. The maximum Gasteiger partial charge on any atom is 0.217 e. The minimum absolute atomic E-state index is 0.0759. The number of aliphatic hydroxyl groups excluding tert-OH is 1. The van der Waals surface area contributed by atoms with E-state index in [0.29, 0.717) is 5.56 Å². The van der Waals surface area contributed by atoms with E-state index in [2.05, 4.69) is 41.1 Å².